The topological polar surface area (TPSA) is 104 Å². The van der Waals surface area contributed by atoms with Crippen LogP contribution in [0.15, 0.2) is 71.3 Å². The second kappa shape index (κ2) is 13.6. The number of hydrogen-bond donors (Lipinski definition) is 2. The van der Waals surface area contributed by atoms with Crippen LogP contribution in [0.2, 0.25) is 0 Å². The second-order valence-corrected chi connectivity index (χ2v) is 11.1. The van der Waals surface area contributed by atoms with Crippen molar-refractivity contribution in [1.29, 1.82) is 0 Å². The molecular formula is C25H26Cl3FN6O2S2. The molecule has 2 N–H and O–H groups in total. The Kier molecular flexibility index (Phi) is 11.4. The Balaban J connectivity index is 0.00000178. The van der Waals surface area contributed by atoms with Crippen molar-refractivity contribution in [3.8, 4) is 33.0 Å². The molecule has 2 aromatic carbocycles. The van der Waals surface area contributed by atoms with Gasteiger partial charge >= 0.3 is 0 Å². The van der Waals surface area contributed by atoms with Crippen LogP contribution in [0.1, 0.15) is 0 Å². The molecule has 0 aliphatic heterocycles. The van der Waals surface area contributed by atoms with Gasteiger partial charge in [-0.1, -0.05) is 6.07 Å². The Labute approximate surface area is 248 Å². The van der Waals surface area contributed by atoms with E-state index < -0.39 is 10.0 Å². The number of halogens is 4. The van der Waals surface area contributed by atoms with Crippen LogP contribution in [0.4, 0.5) is 4.39 Å². The summed E-state index contributed by atoms with van der Waals surface area (Å²) < 4.78 is 41.5. The normalized spacial score (nSPS) is 11.1. The summed E-state index contributed by atoms with van der Waals surface area (Å²) in [5.74, 6) is -0.308. The maximum absolute atomic E-state index is 13.4. The minimum Gasteiger partial charge on any atom is -0.308 e. The molecule has 0 aliphatic carbocycles. The van der Waals surface area contributed by atoms with E-state index >= 15 is 0 Å². The van der Waals surface area contributed by atoms with Gasteiger partial charge in [-0.05, 0) is 62.1 Å². The molecule has 39 heavy (non-hydrogen) atoms. The predicted octanol–water partition coefficient (Wildman–Crippen LogP) is 5.66. The fourth-order valence-electron chi connectivity index (χ4n) is 3.83. The molecule has 0 saturated carbocycles. The van der Waals surface area contributed by atoms with Crippen LogP contribution in [-0.2, 0) is 10.0 Å². The molecule has 8 nitrogen and oxygen atoms in total. The summed E-state index contributed by atoms with van der Waals surface area (Å²) in [5, 5.41) is 9.60. The van der Waals surface area contributed by atoms with Crippen molar-refractivity contribution in [2.45, 2.75) is 4.90 Å². The van der Waals surface area contributed by atoms with E-state index in [0.29, 0.717) is 18.8 Å². The van der Waals surface area contributed by atoms with Gasteiger partial charge in [0.2, 0.25) is 10.0 Å². The lowest BCUT2D eigenvalue weighted by Gasteiger charge is -2.10. The molecule has 0 bridgehead atoms. The molecule has 0 saturated heterocycles. The average molecular weight is 632 g/mol. The highest BCUT2D eigenvalue weighted by Gasteiger charge is 2.19. The molecule has 3 heterocycles. The maximum Gasteiger partial charge on any atom is 0.241 e. The van der Waals surface area contributed by atoms with Crippen molar-refractivity contribution in [2.24, 2.45) is 0 Å². The van der Waals surface area contributed by atoms with Gasteiger partial charge in [-0.2, -0.15) is 5.10 Å². The number of rotatable bonds is 8. The minimum absolute atomic E-state index is 0. The van der Waals surface area contributed by atoms with Gasteiger partial charge in [0.05, 0.1) is 32.9 Å². The van der Waals surface area contributed by atoms with Crippen LogP contribution in [0.3, 0.4) is 0 Å². The second-order valence-electron chi connectivity index (χ2n) is 8.47. The minimum atomic E-state index is -3.63. The van der Waals surface area contributed by atoms with Gasteiger partial charge in [0.15, 0.2) is 0 Å². The lowest BCUT2D eigenvalue weighted by atomic mass is 9.99. The number of likely N-dealkylation sites (N-methyl/N-ethyl adjacent to an activating group) is 1. The highest BCUT2D eigenvalue weighted by atomic mass is 35.5. The number of aromatic nitrogens is 4. The van der Waals surface area contributed by atoms with Crippen LogP contribution in [0.25, 0.3) is 43.9 Å². The van der Waals surface area contributed by atoms with Crippen LogP contribution in [0.5, 0.6) is 0 Å². The molecule has 0 fully saturated rings. The van der Waals surface area contributed by atoms with Crippen molar-refractivity contribution in [1.82, 2.24) is 29.8 Å². The predicted molar refractivity (Wildman–Crippen MR) is 161 cm³/mol. The van der Waals surface area contributed by atoms with Crippen molar-refractivity contribution >= 4 is 69.5 Å². The summed E-state index contributed by atoms with van der Waals surface area (Å²) in [7, 11) is 0.145. The zero-order chi connectivity index (χ0) is 25.3. The number of fused-ring (bicyclic) bond motifs is 1. The Bertz CT molecular complexity index is 1640. The third-order valence-corrected chi connectivity index (χ3v) is 8.22. The fraction of sp³-hybridized carbons (Fsp3) is 0.160. The summed E-state index contributed by atoms with van der Waals surface area (Å²) in [5.41, 5.74) is 4.68. The van der Waals surface area contributed by atoms with Gasteiger partial charge in [0.25, 0.3) is 0 Å². The number of benzene rings is 2. The number of nitrogens with one attached hydrogen (secondary N) is 2. The van der Waals surface area contributed by atoms with Crippen molar-refractivity contribution in [2.75, 3.05) is 27.2 Å². The van der Waals surface area contributed by atoms with E-state index in [0.717, 1.165) is 38.2 Å². The summed E-state index contributed by atoms with van der Waals surface area (Å²) in [4.78, 5) is 11.7. The Hall–Kier alpha value is -2.64. The standard InChI is InChI=1S/C25H23FN6O2S2.3ClH/c1-32(2)10-9-30-36(33,34)19-12-23(35-14-19)25-20-11-17(5-8-22(20)27-15-28-25)21-13-29-31-24(21)16-3-6-18(26)7-4-16;;;/h3-8,11-15,30H,9-10H2,1-2H3,(H,29,31);3*1H. The van der Waals surface area contributed by atoms with Gasteiger partial charge < -0.3 is 4.90 Å². The Morgan fingerprint density at radius 1 is 1.00 bits per heavy atom. The van der Waals surface area contributed by atoms with E-state index in [1.165, 1.54) is 29.8 Å². The van der Waals surface area contributed by atoms with Gasteiger partial charge in [0.1, 0.15) is 12.1 Å². The van der Waals surface area contributed by atoms with E-state index in [1.807, 2.05) is 37.2 Å². The van der Waals surface area contributed by atoms with Crippen LogP contribution < -0.4 is 4.72 Å². The van der Waals surface area contributed by atoms with Gasteiger partial charge in [-0.3, -0.25) is 5.10 Å². The SMILES string of the molecule is CN(C)CCNS(=O)(=O)c1csc(-c2ncnc3ccc(-c4cn[nH]c4-c4ccc(F)cc4)cc23)c1.Cl.Cl.Cl. The molecule has 3 aromatic heterocycles. The highest BCUT2D eigenvalue weighted by molar-refractivity contribution is 7.89. The summed E-state index contributed by atoms with van der Waals surface area (Å²) in [6.07, 6.45) is 3.20. The molecule has 0 unspecified atom stereocenters. The lowest BCUT2D eigenvalue weighted by molar-refractivity contribution is 0.412. The van der Waals surface area contributed by atoms with Crippen molar-refractivity contribution in [3.63, 3.8) is 0 Å². The molecular weight excluding hydrogens is 606 g/mol. The fourth-order valence-corrected chi connectivity index (χ4v) is 6.14. The molecule has 0 spiro atoms. The molecule has 0 amide bonds. The van der Waals surface area contributed by atoms with Gasteiger partial charge in [-0.25, -0.2) is 27.5 Å². The number of aromatic amines is 1. The van der Waals surface area contributed by atoms with E-state index in [2.05, 4.69) is 24.9 Å². The highest BCUT2D eigenvalue weighted by Crippen LogP contribution is 2.36. The summed E-state index contributed by atoms with van der Waals surface area (Å²) in [6.45, 7) is 0.921. The van der Waals surface area contributed by atoms with E-state index in [4.69, 9.17) is 0 Å². The monoisotopic (exact) mass is 630 g/mol. The number of hydrogen-bond acceptors (Lipinski definition) is 7. The van der Waals surface area contributed by atoms with Gasteiger partial charge in [-0.15, -0.1) is 48.6 Å². The number of thiophene rings is 1. The average Bonchev–Trinajstić information content (AvgIpc) is 3.54. The Morgan fingerprint density at radius 3 is 2.44 bits per heavy atom. The first kappa shape index (κ1) is 32.6. The quantitative estimate of drug-likeness (QED) is 0.229. The third-order valence-electron chi connectivity index (χ3n) is 5.69. The first-order valence-electron chi connectivity index (χ1n) is 11.1. The van der Waals surface area contributed by atoms with E-state index in [-0.39, 0.29) is 47.9 Å². The molecule has 14 heteroatoms. The first-order valence-corrected chi connectivity index (χ1v) is 13.5. The number of sulfonamides is 1. The summed E-state index contributed by atoms with van der Waals surface area (Å²) >= 11 is 1.31. The molecule has 0 atom stereocenters. The molecule has 5 rings (SSSR count). The van der Waals surface area contributed by atoms with Gasteiger partial charge in [0, 0.05) is 35.0 Å². The molecule has 0 radical (unpaired) electrons. The van der Waals surface area contributed by atoms with Crippen LogP contribution in [-0.4, -0.2) is 60.7 Å². The summed E-state index contributed by atoms with van der Waals surface area (Å²) in [6, 6.07) is 13.6. The maximum atomic E-state index is 13.4. The van der Waals surface area contributed by atoms with Crippen LogP contribution in [0, 0.1) is 5.82 Å². The lowest BCUT2D eigenvalue weighted by Crippen LogP contribution is -2.31. The molecule has 5 aromatic rings. The zero-order valence-electron chi connectivity index (χ0n) is 20.8. The largest absolute Gasteiger partial charge is 0.308 e. The smallest absolute Gasteiger partial charge is 0.241 e. The van der Waals surface area contributed by atoms with E-state index in [9.17, 15) is 12.8 Å². The zero-order valence-corrected chi connectivity index (χ0v) is 24.9. The first-order chi connectivity index (χ1) is 17.3. The molecule has 208 valence electrons. The van der Waals surface area contributed by atoms with Crippen molar-refractivity contribution < 1.29 is 12.8 Å². The van der Waals surface area contributed by atoms with Crippen LogP contribution >= 0.6 is 48.6 Å². The number of H-pyrrole nitrogens is 1. The number of nitrogens with zero attached hydrogens (tertiary/aromatic N) is 4. The third kappa shape index (κ3) is 7.12. The van der Waals surface area contributed by atoms with Crippen molar-refractivity contribution in [3.05, 3.63) is 72.3 Å². The molecule has 0 aliphatic rings. The van der Waals surface area contributed by atoms with E-state index in [1.54, 1.807) is 29.8 Å². The Morgan fingerprint density at radius 2 is 1.72 bits per heavy atom.